The van der Waals surface area contributed by atoms with Gasteiger partial charge in [0.05, 0.1) is 7.05 Å². The Hall–Kier alpha value is -0.530. The summed E-state index contributed by atoms with van der Waals surface area (Å²) < 4.78 is 0. The molecule has 0 bridgehead atoms. The third-order valence-corrected chi connectivity index (χ3v) is 2.12. The zero-order chi connectivity index (χ0) is 7.40. The largest absolute Gasteiger partial charge is 0.349 e. The van der Waals surface area contributed by atoms with Crippen molar-refractivity contribution in [2.75, 3.05) is 0 Å². The molecule has 0 aromatic heterocycles. The van der Waals surface area contributed by atoms with E-state index in [2.05, 4.69) is 5.32 Å². The van der Waals surface area contributed by atoms with Gasteiger partial charge in [0.25, 0.3) is 0 Å². The van der Waals surface area contributed by atoms with Crippen LogP contribution in [0.4, 0.5) is 0 Å². The molecule has 1 rings (SSSR count). The molecule has 1 saturated carbocycles. The lowest BCUT2D eigenvalue weighted by Gasteiger charge is -2.19. The Balaban J connectivity index is 2.31. The van der Waals surface area contributed by atoms with Gasteiger partial charge in [-0.1, -0.05) is 19.3 Å². The number of carbonyl (C=O) groups is 1. The fourth-order valence-corrected chi connectivity index (χ4v) is 1.48. The molecule has 0 aromatic rings. The Kier molecular flexibility index (Phi) is 2.72. The van der Waals surface area contributed by atoms with Crippen molar-refractivity contribution in [1.29, 1.82) is 0 Å². The second-order valence-electron chi connectivity index (χ2n) is 2.84. The summed E-state index contributed by atoms with van der Waals surface area (Å²) >= 11 is 0. The van der Waals surface area contributed by atoms with Crippen LogP contribution in [0.1, 0.15) is 32.1 Å². The van der Waals surface area contributed by atoms with E-state index in [4.69, 9.17) is 7.05 Å². The molecule has 0 atom stereocenters. The van der Waals surface area contributed by atoms with Crippen molar-refractivity contribution in [2.45, 2.75) is 32.1 Å². The van der Waals surface area contributed by atoms with Gasteiger partial charge in [-0.05, 0) is 12.8 Å². The minimum absolute atomic E-state index is 0.0136. The van der Waals surface area contributed by atoms with Gasteiger partial charge in [-0.25, -0.2) is 0 Å². The van der Waals surface area contributed by atoms with Crippen LogP contribution in [-0.4, -0.2) is 5.91 Å². The molecule has 0 heterocycles. The number of nitrogens with one attached hydrogen (secondary N) is 1. The molecule has 1 amide bonds. The molecular weight excluding hydrogens is 126 g/mol. The predicted molar refractivity (Wildman–Crippen MR) is 39.0 cm³/mol. The van der Waals surface area contributed by atoms with Crippen LogP contribution in [-0.2, 0) is 4.79 Å². The van der Waals surface area contributed by atoms with Crippen molar-refractivity contribution in [1.82, 2.24) is 5.32 Å². The lowest BCUT2D eigenvalue weighted by molar-refractivity contribution is -0.125. The van der Waals surface area contributed by atoms with E-state index in [1.165, 1.54) is 19.3 Å². The molecule has 1 fully saturated rings. The van der Waals surface area contributed by atoms with Crippen molar-refractivity contribution >= 4 is 5.91 Å². The topological polar surface area (TPSA) is 29.1 Å². The SMILES string of the molecule is [CH]NC(=O)C1CCCCC1. The van der Waals surface area contributed by atoms with E-state index < -0.39 is 0 Å². The zero-order valence-electron chi connectivity index (χ0n) is 6.10. The second-order valence-corrected chi connectivity index (χ2v) is 2.84. The highest BCUT2D eigenvalue weighted by Gasteiger charge is 2.19. The molecule has 56 valence electrons. The van der Waals surface area contributed by atoms with Gasteiger partial charge in [0, 0.05) is 5.92 Å². The van der Waals surface area contributed by atoms with Crippen LogP contribution in [0.5, 0.6) is 0 Å². The Bertz CT molecular complexity index is 116. The lowest BCUT2D eigenvalue weighted by Crippen LogP contribution is -2.27. The third-order valence-electron chi connectivity index (χ3n) is 2.12. The van der Waals surface area contributed by atoms with E-state index in [1.54, 1.807) is 0 Å². The van der Waals surface area contributed by atoms with Crippen LogP contribution >= 0.6 is 0 Å². The van der Waals surface area contributed by atoms with E-state index in [9.17, 15) is 4.79 Å². The van der Waals surface area contributed by atoms with Crippen LogP contribution in [0.3, 0.4) is 0 Å². The Labute approximate surface area is 62.0 Å². The van der Waals surface area contributed by atoms with E-state index in [0.29, 0.717) is 0 Å². The molecule has 10 heavy (non-hydrogen) atoms. The first-order chi connectivity index (χ1) is 4.84. The number of rotatable bonds is 1. The molecule has 2 nitrogen and oxygen atoms in total. The van der Waals surface area contributed by atoms with Crippen LogP contribution in [0.25, 0.3) is 0 Å². The van der Waals surface area contributed by atoms with Crippen LogP contribution < -0.4 is 5.32 Å². The number of carbonyl (C=O) groups excluding carboxylic acids is 1. The molecule has 2 radical (unpaired) electrons. The lowest BCUT2D eigenvalue weighted by atomic mass is 9.89. The Morgan fingerprint density at radius 2 is 1.90 bits per heavy atom. The minimum atomic E-state index is 0.0136. The number of hydrogen-bond acceptors (Lipinski definition) is 1. The van der Waals surface area contributed by atoms with Crippen LogP contribution in [0.2, 0.25) is 0 Å². The summed E-state index contributed by atoms with van der Waals surface area (Å²) in [5.74, 6) is 0.207. The van der Waals surface area contributed by atoms with Crippen molar-refractivity contribution < 1.29 is 4.79 Å². The quantitative estimate of drug-likeness (QED) is 0.546. The maximum atomic E-state index is 10.9. The summed E-state index contributed by atoms with van der Waals surface area (Å²) in [6.07, 6.45) is 5.66. The average Bonchev–Trinajstić information content (AvgIpc) is 2.05. The van der Waals surface area contributed by atoms with Crippen molar-refractivity contribution in [3.63, 3.8) is 0 Å². The minimum Gasteiger partial charge on any atom is -0.349 e. The molecular formula is C8H13NO. The summed E-state index contributed by atoms with van der Waals surface area (Å²) in [4.78, 5) is 10.9. The molecule has 1 aliphatic carbocycles. The third kappa shape index (κ3) is 1.72. The summed E-state index contributed by atoms with van der Waals surface area (Å²) in [5, 5.41) is 2.20. The molecule has 0 aliphatic heterocycles. The average molecular weight is 139 g/mol. The zero-order valence-corrected chi connectivity index (χ0v) is 6.10. The molecule has 1 aliphatic rings. The smallest absolute Gasteiger partial charge is 0.223 e. The maximum absolute atomic E-state index is 10.9. The first-order valence-corrected chi connectivity index (χ1v) is 3.85. The fraction of sp³-hybridized carbons (Fsp3) is 0.750. The maximum Gasteiger partial charge on any atom is 0.223 e. The molecule has 0 spiro atoms. The summed E-state index contributed by atoms with van der Waals surface area (Å²) in [5.41, 5.74) is 0. The Morgan fingerprint density at radius 3 is 2.40 bits per heavy atom. The summed E-state index contributed by atoms with van der Waals surface area (Å²) in [7, 11) is 5.00. The normalized spacial score (nSPS) is 20.5. The van der Waals surface area contributed by atoms with Gasteiger partial charge in [-0.15, -0.1) is 0 Å². The highest BCUT2D eigenvalue weighted by atomic mass is 16.1. The molecule has 2 heteroatoms. The van der Waals surface area contributed by atoms with Crippen LogP contribution in [0, 0.1) is 13.0 Å². The highest BCUT2D eigenvalue weighted by molar-refractivity contribution is 5.78. The van der Waals surface area contributed by atoms with Gasteiger partial charge in [0.1, 0.15) is 0 Å². The van der Waals surface area contributed by atoms with E-state index in [-0.39, 0.29) is 11.8 Å². The van der Waals surface area contributed by atoms with Crippen molar-refractivity contribution in [2.24, 2.45) is 5.92 Å². The standard InChI is InChI=1S/C8H13NO/c1-9-8(10)7-5-3-2-4-6-7/h1,7H,2-6H2,(H,9,10). The number of hydrogen-bond donors (Lipinski definition) is 1. The van der Waals surface area contributed by atoms with E-state index in [0.717, 1.165) is 12.8 Å². The van der Waals surface area contributed by atoms with Gasteiger partial charge in [0.15, 0.2) is 0 Å². The van der Waals surface area contributed by atoms with Gasteiger partial charge in [0.2, 0.25) is 5.91 Å². The number of amides is 1. The van der Waals surface area contributed by atoms with Crippen molar-refractivity contribution in [3.05, 3.63) is 7.05 Å². The molecule has 0 unspecified atom stereocenters. The predicted octanol–water partition coefficient (Wildman–Crippen LogP) is 1.35. The van der Waals surface area contributed by atoms with Crippen molar-refractivity contribution in [3.8, 4) is 0 Å². The first-order valence-electron chi connectivity index (χ1n) is 3.85. The van der Waals surface area contributed by atoms with Gasteiger partial charge in [-0.2, -0.15) is 0 Å². The fourth-order valence-electron chi connectivity index (χ4n) is 1.48. The monoisotopic (exact) mass is 139 g/mol. The highest BCUT2D eigenvalue weighted by Crippen LogP contribution is 2.23. The van der Waals surface area contributed by atoms with E-state index in [1.807, 2.05) is 0 Å². The summed E-state index contributed by atoms with van der Waals surface area (Å²) in [6, 6.07) is 0. The molecule has 0 saturated heterocycles. The Morgan fingerprint density at radius 1 is 1.30 bits per heavy atom. The van der Waals surface area contributed by atoms with Gasteiger partial charge < -0.3 is 5.32 Å². The molecule has 1 N–H and O–H groups in total. The summed E-state index contributed by atoms with van der Waals surface area (Å²) in [6.45, 7) is 0. The van der Waals surface area contributed by atoms with Gasteiger partial charge in [-0.3, -0.25) is 4.79 Å². The van der Waals surface area contributed by atoms with E-state index >= 15 is 0 Å². The molecule has 0 aromatic carbocycles. The van der Waals surface area contributed by atoms with Crippen LogP contribution in [0.15, 0.2) is 0 Å². The van der Waals surface area contributed by atoms with Gasteiger partial charge >= 0.3 is 0 Å². The first kappa shape index (κ1) is 7.58. The second kappa shape index (κ2) is 3.59.